The monoisotopic (exact) mass is 254 g/mol. The van der Waals surface area contributed by atoms with E-state index in [1.165, 1.54) is 12.1 Å². The van der Waals surface area contributed by atoms with E-state index in [-0.39, 0.29) is 11.7 Å². The van der Waals surface area contributed by atoms with Crippen LogP contribution in [-0.2, 0) is 9.53 Å². The van der Waals surface area contributed by atoms with Crippen LogP contribution in [0.2, 0.25) is 0 Å². The lowest BCUT2D eigenvalue weighted by atomic mass is 10.3. The van der Waals surface area contributed by atoms with Crippen LogP contribution in [0, 0.1) is 5.82 Å². The fourth-order valence-corrected chi connectivity index (χ4v) is 1.42. The molecule has 0 saturated carbocycles. The number of nitrogens with one attached hydrogen (secondary N) is 2. The Hall–Kier alpha value is -1.62. The number of benzene rings is 1. The zero-order chi connectivity index (χ0) is 13.2. The van der Waals surface area contributed by atoms with Gasteiger partial charge >= 0.3 is 0 Å². The molecule has 1 amide bonds. The Balaban J connectivity index is 2.10. The Morgan fingerprint density at radius 1 is 1.28 bits per heavy atom. The van der Waals surface area contributed by atoms with Gasteiger partial charge in [-0.3, -0.25) is 4.79 Å². The molecular formula is C13H19FN2O2. The molecule has 18 heavy (non-hydrogen) atoms. The number of ether oxygens (including phenoxy) is 1. The van der Waals surface area contributed by atoms with E-state index in [0.29, 0.717) is 26.1 Å². The van der Waals surface area contributed by atoms with Crippen LogP contribution in [0.3, 0.4) is 0 Å². The van der Waals surface area contributed by atoms with Gasteiger partial charge in [0.05, 0.1) is 0 Å². The predicted molar refractivity (Wildman–Crippen MR) is 69.0 cm³/mol. The highest BCUT2D eigenvalue weighted by molar-refractivity contribution is 5.76. The van der Waals surface area contributed by atoms with Gasteiger partial charge in [0.1, 0.15) is 5.82 Å². The lowest BCUT2D eigenvalue weighted by molar-refractivity contribution is -0.120. The third-order valence-corrected chi connectivity index (χ3v) is 2.37. The molecule has 0 saturated heterocycles. The third-order valence-electron chi connectivity index (χ3n) is 2.37. The van der Waals surface area contributed by atoms with E-state index in [2.05, 4.69) is 10.6 Å². The normalized spacial score (nSPS) is 10.1. The first-order valence-corrected chi connectivity index (χ1v) is 5.97. The summed E-state index contributed by atoms with van der Waals surface area (Å²) in [6.07, 6.45) is 1.21. The number of rotatable bonds is 8. The summed E-state index contributed by atoms with van der Waals surface area (Å²) >= 11 is 0. The molecule has 0 aromatic heterocycles. The van der Waals surface area contributed by atoms with Gasteiger partial charge in [-0.15, -0.1) is 0 Å². The van der Waals surface area contributed by atoms with E-state index >= 15 is 0 Å². The summed E-state index contributed by atoms with van der Waals surface area (Å²) in [5, 5.41) is 5.85. The third kappa shape index (κ3) is 6.20. The maximum atomic E-state index is 12.6. The zero-order valence-electron chi connectivity index (χ0n) is 10.5. The number of hydrogen-bond donors (Lipinski definition) is 2. The molecule has 100 valence electrons. The maximum Gasteiger partial charge on any atom is 0.221 e. The van der Waals surface area contributed by atoms with Crippen molar-refractivity contribution in [3.05, 3.63) is 30.1 Å². The highest BCUT2D eigenvalue weighted by Crippen LogP contribution is 2.07. The number of methoxy groups -OCH3 is 1. The first kappa shape index (κ1) is 14.4. The van der Waals surface area contributed by atoms with Crippen molar-refractivity contribution in [1.82, 2.24) is 5.32 Å². The van der Waals surface area contributed by atoms with Crippen LogP contribution in [0.4, 0.5) is 10.1 Å². The van der Waals surface area contributed by atoms with Gasteiger partial charge in [0, 0.05) is 38.9 Å². The second-order valence-corrected chi connectivity index (χ2v) is 3.88. The van der Waals surface area contributed by atoms with E-state index in [4.69, 9.17) is 4.74 Å². The van der Waals surface area contributed by atoms with Crippen LogP contribution in [0.1, 0.15) is 12.8 Å². The molecule has 1 aromatic rings. The minimum atomic E-state index is -0.267. The second-order valence-electron chi connectivity index (χ2n) is 3.88. The van der Waals surface area contributed by atoms with Crippen molar-refractivity contribution < 1.29 is 13.9 Å². The number of hydrogen-bond acceptors (Lipinski definition) is 3. The molecule has 1 rings (SSSR count). The summed E-state index contributed by atoms with van der Waals surface area (Å²) in [7, 11) is 1.63. The molecule has 2 N–H and O–H groups in total. The second kappa shape index (κ2) is 8.47. The Morgan fingerprint density at radius 3 is 2.67 bits per heavy atom. The molecule has 0 radical (unpaired) electrons. The van der Waals surface area contributed by atoms with Crippen LogP contribution >= 0.6 is 0 Å². The largest absolute Gasteiger partial charge is 0.385 e. The SMILES string of the molecule is COCCCNC(=O)CCNc1ccc(F)cc1. The molecule has 0 fully saturated rings. The van der Waals surface area contributed by atoms with Gasteiger partial charge in [-0.05, 0) is 30.7 Å². The molecule has 0 aliphatic rings. The number of halogens is 1. The van der Waals surface area contributed by atoms with Gasteiger partial charge in [0.25, 0.3) is 0 Å². The van der Waals surface area contributed by atoms with Crippen molar-refractivity contribution >= 4 is 11.6 Å². The molecule has 0 atom stereocenters. The highest BCUT2D eigenvalue weighted by atomic mass is 19.1. The summed E-state index contributed by atoms with van der Waals surface area (Å²) < 4.78 is 17.5. The Morgan fingerprint density at radius 2 is 2.00 bits per heavy atom. The van der Waals surface area contributed by atoms with Gasteiger partial charge in [0.15, 0.2) is 0 Å². The summed E-state index contributed by atoms with van der Waals surface area (Å²) in [6.45, 7) is 1.80. The van der Waals surface area contributed by atoms with Crippen molar-refractivity contribution in [2.75, 3.05) is 32.1 Å². The van der Waals surface area contributed by atoms with E-state index in [1.54, 1.807) is 19.2 Å². The molecule has 5 heteroatoms. The van der Waals surface area contributed by atoms with Gasteiger partial charge in [-0.2, -0.15) is 0 Å². The average molecular weight is 254 g/mol. The lowest BCUT2D eigenvalue weighted by Gasteiger charge is -2.07. The summed E-state index contributed by atoms with van der Waals surface area (Å²) in [5.41, 5.74) is 0.809. The Labute approximate surface area is 107 Å². The fourth-order valence-electron chi connectivity index (χ4n) is 1.42. The Kier molecular flexibility index (Phi) is 6.79. The van der Waals surface area contributed by atoms with Crippen LogP contribution in [0.5, 0.6) is 0 Å². The smallest absolute Gasteiger partial charge is 0.221 e. The minimum absolute atomic E-state index is 0.000662. The molecule has 0 unspecified atom stereocenters. The molecule has 0 aliphatic carbocycles. The van der Waals surface area contributed by atoms with Crippen molar-refractivity contribution in [3.63, 3.8) is 0 Å². The zero-order valence-corrected chi connectivity index (χ0v) is 10.5. The Bertz CT molecular complexity index is 355. The molecule has 0 aliphatic heterocycles. The molecular weight excluding hydrogens is 235 g/mol. The molecule has 4 nitrogen and oxygen atoms in total. The van der Waals surface area contributed by atoms with Gasteiger partial charge in [-0.25, -0.2) is 4.39 Å². The van der Waals surface area contributed by atoms with E-state index < -0.39 is 0 Å². The fraction of sp³-hybridized carbons (Fsp3) is 0.462. The maximum absolute atomic E-state index is 12.6. The van der Waals surface area contributed by atoms with Gasteiger partial charge < -0.3 is 15.4 Å². The lowest BCUT2D eigenvalue weighted by Crippen LogP contribution is -2.26. The molecule has 0 spiro atoms. The number of anilines is 1. The van der Waals surface area contributed by atoms with Crippen molar-refractivity contribution in [2.45, 2.75) is 12.8 Å². The summed E-state index contributed by atoms with van der Waals surface area (Å²) in [4.78, 5) is 11.4. The van der Waals surface area contributed by atoms with Crippen LogP contribution < -0.4 is 10.6 Å². The summed E-state index contributed by atoms with van der Waals surface area (Å²) in [5.74, 6) is -0.267. The first-order valence-electron chi connectivity index (χ1n) is 5.97. The van der Waals surface area contributed by atoms with Crippen LogP contribution in [-0.4, -0.2) is 32.7 Å². The molecule has 1 aromatic carbocycles. The van der Waals surface area contributed by atoms with Crippen molar-refractivity contribution in [3.8, 4) is 0 Å². The average Bonchev–Trinajstić information content (AvgIpc) is 2.37. The van der Waals surface area contributed by atoms with Crippen LogP contribution in [0.25, 0.3) is 0 Å². The molecule has 0 heterocycles. The van der Waals surface area contributed by atoms with Crippen LogP contribution in [0.15, 0.2) is 24.3 Å². The van der Waals surface area contributed by atoms with Crippen molar-refractivity contribution in [2.24, 2.45) is 0 Å². The number of carbonyl (C=O) groups is 1. The highest BCUT2D eigenvalue weighted by Gasteiger charge is 2.00. The topological polar surface area (TPSA) is 50.4 Å². The quantitative estimate of drug-likeness (QED) is 0.695. The number of amides is 1. The first-order chi connectivity index (χ1) is 8.72. The predicted octanol–water partition coefficient (Wildman–Crippen LogP) is 1.78. The van der Waals surface area contributed by atoms with Crippen molar-refractivity contribution in [1.29, 1.82) is 0 Å². The summed E-state index contributed by atoms with van der Waals surface area (Å²) in [6, 6.07) is 6.05. The van der Waals surface area contributed by atoms with Gasteiger partial charge in [-0.1, -0.05) is 0 Å². The van der Waals surface area contributed by atoms with E-state index in [0.717, 1.165) is 12.1 Å². The standard InChI is InChI=1S/C13H19FN2O2/c1-18-10-2-8-16-13(17)7-9-15-12-5-3-11(14)4-6-12/h3-6,15H,2,7-10H2,1H3,(H,16,17). The minimum Gasteiger partial charge on any atom is -0.385 e. The van der Waals surface area contributed by atoms with E-state index in [1.807, 2.05) is 0 Å². The number of carbonyl (C=O) groups excluding carboxylic acids is 1. The van der Waals surface area contributed by atoms with Gasteiger partial charge in [0.2, 0.25) is 5.91 Å². The molecule has 0 bridgehead atoms. The van der Waals surface area contributed by atoms with E-state index in [9.17, 15) is 9.18 Å².